The first-order valence-corrected chi connectivity index (χ1v) is 6.40. The molecule has 1 aliphatic heterocycles. The van der Waals surface area contributed by atoms with Gasteiger partial charge in [-0.3, -0.25) is 0 Å². The van der Waals surface area contributed by atoms with Gasteiger partial charge in [0.05, 0.1) is 11.0 Å². The van der Waals surface area contributed by atoms with Crippen LogP contribution < -0.4 is 5.32 Å². The van der Waals surface area contributed by atoms with Crippen LogP contribution in [0.3, 0.4) is 0 Å². The SMILES string of the molecule is O=S(=O)(CCCl)C1CCNCC1. The average molecular weight is 212 g/mol. The van der Waals surface area contributed by atoms with Crippen LogP contribution in [-0.4, -0.2) is 38.4 Å². The van der Waals surface area contributed by atoms with Gasteiger partial charge < -0.3 is 5.32 Å². The van der Waals surface area contributed by atoms with Crippen molar-refractivity contribution < 1.29 is 8.42 Å². The van der Waals surface area contributed by atoms with Gasteiger partial charge in [0.1, 0.15) is 0 Å². The summed E-state index contributed by atoms with van der Waals surface area (Å²) in [7, 11) is -2.91. The van der Waals surface area contributed by atoms with E-state index in [-0.39, 0.29) is 16.9 Å². The summed E-state index contributed by atoms with van der Waals surface area (Å²) < 4.78 is 22.9. The van der Waals surface area contributed by atoms with Gasteiger partial charge in [-0.25, -0.2) is 8.42 Å². The zero-order valence-electron chi connectivity index (χ0n) is 6.92. The Balaban J connectivity index is 2.54. The molecule has 5 heteroatoms. The van der Waals surface area contributed by atoms with E-state index in [0.29, 0.717) is 0 Å². The number of hydrogen-bond donors (Lipinski definition) is 1. The van der Waals surface area contributed by atoms with E-state index in [1.807, 2.05) is 0 Å². The Morgan fingerprint density at radius 1 is 1.33 bits per heavy atom. The van der Waals surface area contributed by atoms with Crippen molar-refractivity contribution in [1.82, 2.24) is 5.32 Å². The second-order valence-corrected chi connectivity index (χ2v) is 5.78. The highest BCUT2D eigenvalue weighted by atomic mass is 35.5. The molecule has 1 heterocycles. The van der Waals surface area contributed by atoms with E-state index < -0.39 is 9.84 Å². The standard InChI is InChI=1S/C7H14ClNO2S/c8-3-6-12(10,11)7-1-4-9-5-2-7/h7,9H,1-6H2. The number of hydrogen-bond acceptors (Lipinski definition) is 3. The molecule has 1 rings (SSSR count). The second-order valence-electron chi connectivity index (χ2n) is 3.01. The molecule has 0 aromatic carbocycles. The van der Waals surface area contributed by atoms with E-state index in [9.17, 15) is 8.42 Å². The largest absolute Gasteiger partial charge is 0.317 e. The Labute approximate surface area is 78.4 Å². The minimum absolute atomic E-state index is 0.124. The maximum absolute atomic E-state index is 11.5. The molecule has 0 bridgehead atoms. The van der Waals surface area contributed by atoms with Gasteiger partial charge in [0.15, 0.2) is 9.84 Å². The number of nitrogens with one attached hydrogen (secondary N) is 1. The molecule has 1 fully saturated rings. The maximum Gasteiger partial charge on any atom is 0.154 e. The Kier molecular flexibility index (Phi) is 3.80. The number of alkyl halides is 1. The molecule has 0 unspecified atom stereocenters. The van der Waals surface area contributed by atoms with Crippen molar-refractivity contribution in [2.24, 2.45) is 0 Å². The third-order valence-electron chi connectivity index (χ3n) is 2.16. The summed E-state index contributed by atoms with van der Waals surface area (Å²) in [5, 5.41) is 2.98. The lowest BCUT2D eigenvalue weighted by molar-refractivity contribution is 0.497. The van der Waals surface area contributed by atoms with E-state index in [1.54, 1.807) is 0 Å². The van der Waals surface area contributed by atoms with Crippen LogP contribution in [-0.2, 0) is 9.84 Å². The highest BCUT2D eigenvalue weighted by Crippen LogP contribution is 2.14. The lowest BCUT2D eigenvalue weighted by atomic mass is 10.2. The van der Waals surface area contributed by atoms with Gasteiger partial charge in [-0.05, 0) is 25.9 Å². The molecule has 0 radical (unpaired) electrons. The molecule has 0 amide bonds. The number of rotatable bonds is 3. The Bertz CT molecular complexity index is 222. The van der Waals surface area contributed by atoms with Crippen LogP contribution in [0.15, 0.2) is 0 Å². The van der Waals surface area contributed by atoms with Gasteiger partial charge in [0.2, 0.25) is 0 Å². The molecule has 0 spiro atoms. The smallest absolute Gasteiger partial charge is 0.154 e. The van der Waals surface area contributed by atoms with Crippen LogP contribution in [0.2, 0.25) is 0 Å². The van der Waals surface area contributed by atoms with E-state index in [2.05, 4.69) is 5.32 Å². The van der Waals surface area contributed by atoms with Crippen molar-refractivity contribution in [3.8, 4) is 0 Å². The lowest BCUT2D eigenvalue weighted by Gasteiger charge is -2.22. The predicted octanol–water partition coefficient (Wildman–Crippen LogP) is 0.392. The molecule has 1 aliphatic rings. The fourth-order valence-corrected chi connectivity index (χ4v) is 3.58. The molecule has 3 nitrogen and oxygen atoms in total. The predicted molar refractivity (Wildman–Crippen MR) is 50.4 cm³/mol. The fourth-order valence-electron chi connectivity index (χ4n) is 1.43. The summed E-state index contributed by atoms with van der Waals surface area (Å²) in [5.74, 6) is 0.339. The van der Waals surface area contributed by atoms with Crippen molar-refractivity contribution >= 4 is 21.4 Å². The van der Waals surface area contributed by atoms with Crippen LogP contribution in [0.5, 0.6) is 0 Å². The zero-order chi connectivity index (χ0) is 9.03. The normalized spacial score (nSPS) is 21.1. The maximum atomic E-state index is 11.5. The summed E-state index contributed by atoms with van der Waals surface area (Å²) in [6.45, 7) is 1.62. The Hall–Kier alpha value is 0.200. The molecule has 1 saturated heterocycles. The molecule has 72 valence electrons. The highest BCUT2D eigenvalue weighted by molar-refractivity contribution is 7.92. The van der Waals surface area contributed by atoms with Crippen molar-refractivity contribution in [1.29, 1.82) is 0 Å². The third kappa shape index (κ3) is 2.61. The van der Waals surface area contributed by atoms with Gasteiger partial charge in [0.25, 0.3) is 0 Å². The van der Waals surface area contributed by atoms with Crippen LogP contribution in [0, 0.1) is 0 Å². The summed E-state index contributed by atoms with van der Waals surface area (Å²) in [4.78, 5) is 0. The summed E-state index contributed by atoms with van der Waals surface area (Å²) in [5.41, 5.74) is 0. The molecule has 1 N–H and O–H groups in total. The molecular formula is C7H14ClNO2S. The molecule has 0 aliphatic carbocycles. The third-order valence-corrected chi connectivity index (χ3v) is 4.83. The van der Waals surface area contributed by atoms with E-state index in [4.69, 9.17) is 11.6 Å². The zero-order valence-corrected chi connectivity index (χ0v) is 8.50. The van der Waals surface area contributed by atoms with Gasteiger partial charge in [-0.15, -0.1) is 11.6 Å². The second kappa shape index (κ2) is 4.44. The van der Waals surface area contributed by atoms with Crippen molar-refractivity contribution in [2.45, 2.75) is 18.1 Å². The molecule has 12 heavy (non-hydrogen) atoms. The Morgan fingerprint density at radius 3 is 2.42 bits per heavy atom. The monoisotopic (exact) mass is 211 g/mol. The van der Waals surface area contributed by atoms with Crippen LogP contribution >= 0.6 is 11.6 Å². The fraction of sp³-hybridized carbons (Fsp3) is 1.00. The molecular weight excluding hydrogens is 198 g/mol. The molecule has 0 atom stereocenters. The van der Waals surface area contributed by atoms with Crippen LogP contribution in [0.1, 0.15) is 12.8 Å². The van der Waals surface area contributed by atoms with Gasteiger partial charge in [-0.2, -0.15) is 0 Å². The quantitative estimate of drug-likeness (QED) is 0.688. The van der Waals surface area contributed by atoms with Crippen molar-refractivity contribution in [2.75, 3.05) is 24.7 Å². The van der Waals surface area contributed by atoms with Crippen molar-refractivity contribution in [3.63, 3.8) is 0 Å². The number of piperidine rings is 1. The molecule has 0 saturated carbocycles. The van der Waals surface area contributed by atoms with Gasteiger partial charge >= 0.3 is 0 Å². The first-order valence-electron chi connectivity index (χ1n) is 4.15. The van der Waals surface area contributed by atoms with Gasteiger partial charge in [0, 0.05) is 5.88 Å². The molecule has 0 aromatic rings. The minimum atomic E-state index is -2.91. The molecule has 0 aromatic heterocycles. The highest BCUT2D eigenvalue weighted by Gasteiger charge is 2.25. The van der Waals surface area contributed by atoms with Crippen LogP contribution in [0.25, 0.3) is 0 Å². The van der Waals surface area contributed by atoms with E-state index in [0.717, 1.165) is 25.9 Å². The summed E-state index contributed by atoms with van der Waals surface area (Å²) in [6.07, 6.45) is 1.47. The Morgan fingerprint density at radius 2 is 1.92 bits per heavy atom. The van der Waals surface area contributed by atoms with Crippen LogP contribution in [0.4, 0.5) is 0 Å². The minimum Gasteiger partial charge on any atom is -0.317 e. The van der Waals surface area contributed by atoms with Gasteiger partial charge in [-0.1, -0.05) is 0 Å². The average Bonchev–Trinajstić information content (AvgIpc) is 2.06. The summed E-state index contributed by atoms with van der Waals surface area (Å²) in [6, 6.07) is 0. The first kappa shape index (κ1) is 10.3. The summed E-state index contributed by atoms with van der Waals surface area (Å²) >= 11 is 5.41. The topological polar surface area (TPSA) is 46.2 Å². The van der Waals surface area contributed by atoms with E-state index in [1.165, 1.54) is 0 Å². The van der Waals surface area contributed by atoms with E-state index >= 15 is 0 Å². The first-order chi connectivity index (χ1) is 5.67. The lowest BCUT2D eigenvalue weighted by Crippen LogP contribution is -2.37. The van der Waals surface area contributed by atoms with Crippen molar-refractivity contribution in [3.05, 3.63) is 0 Å². The number of sulfone groups is 1. The number of halogens is 1.